The van der Waals surface area contributed by atoms with Crippen LogP contribution in [0.2, 0.25) is 0 Å². The van der Waals surface area contributed by atoms with Crippen molar-refractivity contribution in [1.29, 1.82) is 0 Å². The van der Waals surface area contributed by atoms with E-state index in [-0.39, 0.29) is 0 Å². The van der Waals surface area contributed by atoms with Gasteiger partial charge in [0, 0.05) is 49.3 Å². The first-order valence-electron chi connectivity index (χ1n) is 23.1. The molecule has 3 heterocycles. The zero-order chi connectivity index (χ0) is 44.7. The molecule has 0 aliphatic heterocycles. The summed E-state index contributed by atoms with van der Waals surface area (Å²) >= 11 is 0. The van der Waals surface area contributed by atoms with E-state index in [1.54, 1.807) is 0 Å². The smallest absolute Gasteiger partial charge is 0.164 e. The van der Waals surface area contributed by atoms with Gasteiger partial charge in [0.25, 0.3) is 0 Å². The fourth-order valence-corrected chi connectivity index (χ4v) is 10.5. The first-order chi connectivity index (χ1) is 33.7. The summed E-state index contributed by atoms with van der Waals surface area (Å²) in [7, 11) is 0. The molecule has 0 amide bonds. The first-order valence-corrected chi connectivity index (χ1v) is 23.1. The van der Waals surface area contributed by atoms with Crippen LogP contribution in [0.4, 0.5) is 0 Å². The summed E-state index contributed by atoms with van der Waals surface area (Å²) in [6, 6.07) is 84.8. The third-order valence-electron chi connectivity index (χ3n) is 13.7. The van der Waals surface area contributed by atoms with Gasteiger partial charge >= 0.3 is 0 Å². The van der Waals surface area contributed by atoms with Crippen LogP contribution >= 0.6 is 0 Å². The lowest BCUT2D eigenvalue weighted by atomic mass is 10.0. The molecule has 0 unspecified atom stereocenters. The lowest BCUT2D eigenvalue weighted by Crippen LogP contribution is -2.02. The number of fused-ring (bicyclic) bond motifs is 10. The quantitative estimate of drug-likeness (QED) is 0.167. The standard InChI is InChI=1S/C63H39N5/c1-3-15-40(16-4-1)42-27-29-45(30-28-42)62-64-61(44-19-5-2-6-20-44)65-63(66-62)48-35-47-22-10-11-23-50(47)57(37-48)68-55-26-14-13-25-52(55)53-38-54-59(39-58(53)68)67(49-33-31-41-17-7-8-21-46(41)36-49)56-34-32-43-18-9-12-24-51(43)60(54)56/h1-39H. The van der Waals surface area contributed by atoms with E-state index in [4.69, 9.17) is 15.0 Å². The van der Waals surface area contributed by atoms with Gasteiger partial charge in [0.15, 0.2) is 17.5 Å². The highest BCUT2D eigenvalue weighted by Gasteiger charge is 2.22. The number of hydrogen-bond acceptors (Lipinski definition) is 3. The van der Waals surface area contributed by atoms with Crippen LogP contribution < -0.4 is 0 Å². The molecule has 0 saturated carbocycles. The predicted molar refractivity (Wildman–Crippen MR) is 283 cm³/mol. The third kappa shape index (κ3) is 6.06. The van der Waals surface area contributed by atoms with Crippen molar-refractivity contribution in [1.82, 2.24) is 24.1 Å². The number of hydrogen-bond donors (Lipinski definition) is 0. The maximum atomic E-state index is 5.28. The lowest BCUT2D eigenvalue weighted by Gasteiger charge is -2.15. The van der Waals surface area contributed by atoms with E-state index in [1.165, 1.54) is 54.2 Å². The van der Waals surface area contributed by atoms with Crippen molar-refractivity contribution >= 4 is 75.9 Å². The minimum Gasteiger partial charge on any atom is -0.309 e. The van der Waals surface area contributed by atoms with Crippen LogP contribution in [-0.4, -0.2) is 24.1 Å². The van der Waals surface area contributed by atoms with Gasteiger partial charge < -0.3 is 9.13 Å². The van der Waals surface area contributed by atoms with Gasteiger partial charge in [-0.05, 0) is 86.6 Å². The first kappa shape index (κ1) is 38.1. The molecule has 316 valence electrons. The Morgan fingerprint density at radius 3 is 1.56 bits per heavy atom. The van der Waals surface area contributed by atoms with Gasteiger partial charge in [0.05, 0.1) is 27.8 Å². The van der Waals surface area contributed by atoms with Gasteiger partial charge in [-0.3, -0.25) is 0 Å². The average molecular weight is 866 g/mol. The van der Waals surface area contributed by atoms with Crippen molar-refractivity contribution in [2.45, 2.75) is 0 Å². The van der Waals surface area contributed by atoms with E-state index in [9.17, 15) is 0 Å². The van der Waals surface area contributed by atoms with Gasteiger partial charge in [-0.15, -0.1) is 0 Å². The molecule has 0 bridgehead atoms. The van der Waals surface area contributed by atoms with E-state index in [2.05, 4.69) is 221 Å². The Hall–Kier alpha value is -9.19. The molecule has 5 nitrogen and oxygen atoms in total. The van der Waals surface area contributed by atoms with Gasteiger partial charge in [-0.2, -0.15) is 0 Å². The number of aromatic nitrogens is 5. The maximum absolute atomic E-state index is 5.28. The van der Waals surface area contributed by atoms with Gasteiger partial charge in [-0.1, -0.05) is 188 Å². The molecule has 0 fully saturated rings. The van der Waals surface area contributed by atoms with Gasteiger partial charge in [0.1, 0.15) is 0 Å². The van der Waals surface area contributed by atoms with Crippen molar-refractivity contribution in [3.8, 4) is 56.7 Å². The Bertz CT molecular complexity index is 4300. The number of rotatable bonds is 6. The van der Waals surface area contributed by atoms with E-state index in [0.717, 1.165) is 61.0 Å². The zero-order valence-corrected chi connectivity index (χ0v) is 36.8. The van der Waals surface area contributed by atoms with Crippen LogP contribution in [0.1, 0.15) is 0 Å². The third-order valence-corrected chi connectivity index (χ3v) is 13.7. The topological polar surface area (TPSA) is 48.5 Å². The second-order valence-corrected chi connectivity index (χ2v) is 17.6. The molecule has 0 atom stereocenters. The summed E-state index contributed by atoms with van der Waals surface area (Å²) in [6.07, 6.45) is 0. The van der Waals surface area contributed by atoms with Crippen molar-refractivity contribution in [2.24, 2.45) is 0 Å². The van der Waals surface area contributed by atoms with Gasteiger partial charge in [0.2, 0.25) is 0 Å². The molecule has 0 N–H and O–H groups in total. The van der Waals surface area contributed by atoms with Crippen LogP contribution in [-0.2, 0) is 0 Å². The minimum atomic E-state index is 0.611. The largest absolute Gasteiger partial charge is 0.309 e. The Kier molecular flexibility index (Phi) is 8.52. The van der Waals surface area contributed by atoms with E-state index >= 15 is 0 Å². The minimum absolute atomic E-state index is 0.611. The fraction of sp³-hybridized carbons (Fsp3) is 0. The highest BCUT2D eigenvalue weighted by Crippen LogP contribution is 2.43. The molecular formula is C63H39N5. The molecule has 0 saturated heterocycles. The maximum Gasteiger partial charge on any atom is 0.164 e. The molecule has 0 aliphatic rings. The van der Waals surface area contributed by atoms with Crippen molar-refractivity contribution in [3.05, 3.63) is 237 Å². The van der Waals surface area contributed by atoms with Gasteiger partial charge in [-0.25, -0.2) is 15.0 Å². The SMILES string of the molecule is c1ccc(-c2ccc(-c3nc(-c4ccccc4)nc(-c4cc(-n5c6ccccc6c6cc7c8c9ccccc9ccc8n(-c8ccc9ccccc9c8)c7cc65)c5ccccc5c4)n3)cc2)cc1. The highest BCUT2D eigenvalue weighted by molar-refractivity contribution is 6.25. The van der Waals surface area contributed by atoms with E-state index < -0.39 is 0 Å². The molecule has 0 radical (unpaired) electrons. The van der Waals surface area contributed by atoms with Crippen LogP contribution in [0.25, 0.3) is 133 Å². The predicted octanol–water partition coefficient (Wildman–Crippen LogP) is 16.2. The van der Waals surface area contributed by atoms with Crippen molar-refractivity contribution in [2.75, 3.05) is 0 Å². The molecule has 68 heavy (non-hydrogen) atoms. The fourth-order valence-electron chi connectivity index (χ4n) is 10.5. The van der Waals surface area contributed by atoms with E-state index in [0.29, 0.717) is 17.5 Å². The molecule has 5 heteroatoms. The molecule has 11 aromatic carbocycles. The molecule has 14 rings (SSSR count). The van der Waals surface area contributed by atoms with Crippen LogP contribution in [0.3, 0.4) is 0 Å². The Balaban J connectivity index is 1.03. The number of para-hydroxylation sites is 1. The summed E-state index contributed by atoms with van der Waals surface area (Å²) in [6.45, 7) is 0. The second-order valence-electron chi connectivity index (χ2n) is 17.6. The number of benzene rings is 11. The number of nitrogens with zero attached hydrogens (tertiary/aromatic N) is 5. The van der Waals surface area contributed by atoms with Crippen molar-refractivity contribution in [3.63, 3.8) is 0 Å². The molecule has 0 aliphatic carbocycles. The normalized spacial score (nSPS) is 11.8. The van der Waals surface area contributed by atoms with E-state index in [1.807, 2.05) is 24.3 Å². The summed E-state index contributed by atoms with van der Waals surface area (Å²) < 4.78 is 4.92. The Morgan fingerprint density at radius 2 is 0.794 bits per heavy atom. The molecule has 3 aromatic heterocycles. The summed E-state index contributed by atoms with van der Waals surface area (Å²) in [5, 5.41) is 12.0. The highest BCUT2D eigenvalue weighted by atomic mass is 15.0. The van der Waals surface area contributed by atoms with Crippen LogP contribution in [0.5, 0.6) is 0 Å². The summed E-state index contributed by atoms with van der Waals surface area (Å²) in [4.78, 5) is 15.6. The summed E-state index contributed by atoms with van der Waals surface area (Å²) in [5.74, 6) is 1.86. The van der Waals surface area contributed by atoms with Crippen LogP contribution in [0.15, 0.2) is 237 Å². The Morgan fingerprint density at radius 1 is 0.250 bits per heavy atom. The van der Waals surface area contributed by atoms with Crippen LogP contribution in [0, 0.1) is 0 Å². The average Bonchev–Trinajstić information content (AvgIpc) is 3.92. The lowest BCUT2D eigenvalue weighted by molar-refractivity contribution is 1.07. The Labute approximate surface area is 391 Å². The zero-order valence-electron chi connectivity index (χ0n) is 36.8. The molecule has 14 aromatic rings. The molecule has 0 spiro atoms. The summed E-state index contributed by atoms with van der Waals surface area (Å²) in [5.41, 5.74) is 11.8. The second kappa shape index (κ2) is 15.2. The molecular weight excluding hydrogens is 827 g/mol. The van der Waals surface area contributed by atoms with Crippen molar-refractivity contribution < 1.29 is 0 Å². The monoisotopic (exact) mass is 865 g/mol.